The van der Waals surface area contributed by atoms with Crippen LogP contribution in [0, 0.1) is 0 Å². The smallest absolute Gasteiger partial charge is 0.0549 e. The van der Waals surface area contributed by atoms with Gasteiger partial charge in [-0.05, 0) is 61.1 Å². The second-order valence-electron chi connectivity index (χ2n) is 6.20. The Bertz CT molecular complexity index is 561. The summed E-state index contributed by atoms with van der Waals surface area (Å²) in [5.41, 5.74) is 4.28. The maximum atomic E-state index is 10.4. The van der Waals surface area contributed by atoms with Crippen molar-refractivity contribution in [3.8, 4) is 0 Å². The normalized spacial score (nSPS) is 19.0. The van der Waals surface area contributed by atoms with Crippen molar-refractivity contribution in [2.45, 2.75) is 50.5 Å². The maximum Gasteiger partial charge on any atom is 0.0549 e. The fraction of sp³-hybridized carbons (Fsp3) is 0.400. The fourth-order valence-corrected chi connectivity index (χ4v) is 3.52. The van der Waals surface area contributed by atoms with E-state index >= 15 is 0 Å². The lowest BCUT2D eigenvalue weighted by Gasteiger charge is -2.27. The number of rotatable bonds is 5. The molecule has 0 heterocycles. The lowest BCUT2D eigenvalue weighted by Crippen LogP contribution is -2.17. The molecule has 0 radical (unpaired) electrons. The Hall–Kier alpha value is -1.60. The van der Waals surface area contributed by atoms with E-state index in [1.807, 2.05) is 6.07 Å². The highest BCUT2D eigenvalue weighted by Crippen LogP contribution is 2.35. The molecule has 2 aromatic rings. The van der Waals surface area contributed by atoms with Gasteiger partial charge in [0.1, 0.15) is 0 Å². The minimum Gasteiger partial charge on any atom is -0.393 e. The van der Waals surface area contributed by atoms with Gasteiger partial charge in [0.15, 0.2) is 0 Å². The number of aryl methyl sites for hydroxylation is 2. The number of aliphatic hydroxyl groups excluding tert-OH is 1. The average Bonchev–Trinajstić information content (AvgIpc) is 2.54. The van der Waals surface area contributed by atoms with Crippen LogP contribution in [0.5, 0.6) is 0 Å². The average molecular weight is 280 g/mol. The topological polar surface area (TPSA) is 20.2 Å². The second kappa shape index (κ2) is 6.91. The molecule has 0 bridgehead atoms. The van der Waals surface area contributed by atoms with Gasteiger partial charge in [0.25, 0.3) is 0 Å². The first kappa shape index (κ1) is 14.3. The van der Waals surface area contributed by atoms with Crippen LogP contribution in [-0.4, -0.2) is 11.2 Å². The first-order chi connectivity index (χ1) is 10.3. The Morgan fingerprint density at radius 3 is 2.62 bits per heavy atom. The van der Waals surface area contributed by atoms with E-state index < -0.39 is 0 Å². The third kappa shape index (κ3) is 3.74. The molecule has 1 N–H and O–H groups in total. The summed E-state index contributed by atoms with van der Waals surface area (Å²) in [6.07, 6.45) is 6.23. The van der Waals surface area contributed by atoms with Crippen LogP contribution in [-0.2, 0) is 12.8 Å². The van der Waals surface area contributed by atoms with Gasteiger partial charge < -0.3 is 5.11 Å². The molecule has 2 unspecified atom stereocenters. The number of hydrogen-bond acceptors (Lipinski definition) is 1. The van der Waals surface area contributed by atoms with Crippen molar-refractivity contribution in [1.29, 1.82) is 0 Å². The predicted octanol–water partition coefficient (Wildman–Crippen LogP) is 4.49. The first-order valence-corrected chi connectivity index (χ1v) is 8.13. The van der Waals surface area contributed by atoms with Crippen molar-refractivity contribution >= 4 is 0 Å². The Morgan fingerprint density at radius 1 is 1.00 bits per heavy atom. The van der Waals surface area contributed by atoms with Crippen molar-refractivity contribution < 1.29 is 5.11 Å². The molecular weight excluding hydrogens is 256 g/mol. The minimum atomic E-state index is -0.193. The van der Waals surface area contributed by atoms with Gasteiger partial charge in [0, 0.05) is 0 Å². The van der Waals surface area contributed by atoms with Crippen LogP contribution in [0.1, 0.15) is 48.3 Å². The molecule has 2 atom stereocenters. The van der Waals surface area contributed by atoms with Gasteiger partial charge in [-0.2, -0.15) is 0 Å². The number of fused-ring (bicyclic) bond motifs is 1. The van der Waals surface area contributed by atoms with E-state index in [-0.39, 0.29) is 6.10 Å². The number of hydrogen-bond donors (Lipinski definition) is 1. The van der Waals surface area contributed by atoms with E-state index in [9.17, 15) is 5.11 Å². The summed E-state index contributed by atoms with van der Waals surface area (Å²) in [6.45, 7) is 0. The third-order valence-corrected chi connectivity index (χ3v) is 4.66. The second-order valence-corrected chi connectivity index (χ2v) is 6.20. The van der Waals surface area contributed by atoms with Gasteiger partial charge in [-0.1, -0.05) is 54.6 Å². The highest BCUT2D eigenvalue weighted by Gasteiger charge is 2.22. The van der Waals surface area contributed by atoms with Crippen molar-refractivity contribution in [2.75, 3.05) is 0 Å². The van der Waals surface area contributed by atoms with Crippen LogP contribution in [0.3, 0.4) is 0 Å². The van der Waals surface area contributed by atoms with E-state index in [0.29, 0.717) is 5.92 Å². The van der Waals surface area contributed by atoms with Gasteiger partial charge >= 0.3 is 0 Å². The summed E-state index contributed by atoms with van der Waals surface area (Å²) < 4.78 is 0. The molecule has 1 heteroatoms. The quantitative estimate of drug-likeness (QED) is 0.855. The molecule has 0 aliphatic heterocycles. The van der Waals surface area contributed by atoms with Gasteiger partial charge in [0.05, 0.1) is 6.10 Å². The van der Waals surface area contributed by atoms with Crippen molar-refractivity contribution in [1.82, 2.24) is 0 Å². The zero-order valence-corrected chi connectivity index (χ0v) is 12.5. The lowest BCUT2D eigenvalue weighted by atomic mass is 9.79. The van der Waals surface area contributed by atoms with Crippen LogP contribution in [0.2, 0.25) is 0 Å². The van der Waals surface area contributed by atoms with Gasteiger partial charge in [0.2, 0.25) is 0 Å². The molecule has 1 aliphatic rings. The molecule has 110 valence electrons. The van der Waals surface area contributed by atoms with Gasteiger partial charge in [-0.25, -0.2) is 0 Å². The van der Waals surface area contributed by atoms with Crippen molar-refractivity contribution in [2.24, 2.45) is 0 Å². The van der Waals surface area contributed by atoms with Gasteiger partial charge in [-0.3, -0.25) is 0 Å². The first-order valence-electron chi connectivity index (χ1n) is 8.13. The Kier molecular flexibility index (Phi) is 4.72. The van der Waals surface area contributed by atoms with Crippen LogP contribution < -0.4 is 0 Å². The SMILES string of the molecule is OC(CCc1ccccc1)CC1CCCc2ccccc21. The lowest BCUT2D eigenvalue weighted by molar-refractivity contribution is 0.142. The summed E-state index contributed by atoms with van der Waals surface area (Å²) in [5, 5.41) is 10.4. The summed E-state index contributed by atoms with van der Waals surface area (Å²) in [4.78, 5) is 0. The van der Waals surface area contributed by atoms with Crippen LogP contribution in [0.25, 0.3) is 0 Å². The highest BCUT2D eigenvalue weighted by molar-refractivity contribution is 5.32. The van der Waals surface area contributed by atoms with Crippen molar-refractivity contribution in [3.05, 3.63) is 71.3 Å². The zero-order chi connectivity index (χ0) is 14.5. The van der Waals surface area contributed by atoms with Crippen LogP contribution in [0.15, 0.2) is 54.6 Å². The molecule has 3 rings (SSSR count). The molecule has 21 heavy (non-hydrogen) atoms. The predicted molar refractivity (Wildman–Crippen MR) is 87.5 cm³/mol. The molecule has 0 fully saturated rings. The molecule has 1 nitrogen and oxygen atoms in total. The molecule has 0 amide bonds. The largest absolute Gasteiger partial charge is 0.393 e. The highest BCUT2D eigenvalue weighted by atomic mass is 16.3. The summed E-state index contributed by atoms with van der Waals surface area (Å²) in [6, 6.07) is 19.2. The van der Waals surface area contributed by atoms with Gasteiger partial charge in [-0.15, -0.1) is 0 Å². The Morgan fingerprint density at radius 2 is 1.76 bits per heavy atom. The summed E-state index contributed by atoms with van der Waals surface area (Å²) in [5.74, 6) is 0.542. The maximum absolute atomic E-state index is 10.4. The third-order valence-electron chi connectivity index (χ3n) is 4.66. The summed E-state index contributed by atoms with van der Waals surface area (Å²) >= 11 is 0. The Labute approximate surface area is 127 Å². The van der Waals surface area contributed by atoms with Crippen LogP contribution in [0.4, 0.5) is 0 Å². The molecule has 0 spiro atoms. The fourth-order valence-electron chi connectivity index (χ4n) is 3.52. The monoisotopic (exact) mass is 280 g/mol. The van der Waals surface area contributed by atoms with E-state index in [1.54, 1.807) is 0 Å². The number of benzene rings is 2. The summed E-state index contributed by atoms with van der Waals surface area (Å²) in [7, 11) is 0. The molecule has 0 saturated heterocycles. The van der Waals surface area contributed by atoms with Crippen LogP contribution >= 0.6 is 0 Å². The van der Waals surface area contributed by atoms with E-state index in [2.05, 4.69) is 48.5 Å². The van der Waals surface area contributed by atoms with Crippen molar-refractivity contribution in [3.63, 3.8) is 0 Å². The van der Waals surface area contributed by atoms with E-state index in [0.717, 1.165) is 19.3 Å². The molecule has 0 saturated carbocycles. The minimum absolute atomic E-state index is 0.193. The molecular formula is C20H24O. The van der Waals surface area contributed by atoms with E-state index in [4.69, 9.17) is 0 Å². The molecule has 1 aliphatic carbocycles. The number of aliphatic hydroxyl groups is 1. The molecule has 2 aromatic carbocycles. The standard InChI is InChI=1S/C20H24O/c21-19(14-13-16-7-2-1-3-8-16)15-18-11-6-10-17-9-4-5-12-20(17)18/h1-5,7-9,12,18-19,21H,6,10-11,13-15H2. The molecule has 0 aromatic heterocycles. The van der Waals surface area contributed by atoms with E-state index in [1.165, 1.54) is 36.0 Å². The Balaban J connectivity index is 1.57. The zero-order valence-electron chi connectivity index (χ0n) is 12.5.